The van der Waals surface area contributed by atoms with Crippen molar-refractivity contribution in [2.45, 2.75) is 52.6 Å². The van der Waals surface area contributed by atoms with Gasteiger partial charge in [0.1, 0.15) is 0 Å². The molecule has 8 heteroatoms. The van der Waals surface area contributed by atoms with E-state index in [1.165, 1.54) is 4.90 Å². The zero-order valence-corrected chi connectivity index (χ0v) is 21.3. The molecule has 1 aliphatic heterocycles. The van der Waals surface area contributed by atoms with Gasteiger partial charge in [-0.1, -0.05) is 12.2 Å². The Hall–Kier alpha value is -1.16. The van der Waals surface area contributed by atoms with Crippen LogP contribution in [0.15, 0.2) is 17.1 Å². The summed E-state index contributed by atoms with van der Waals surface area (Å²) in [6, 6.07) is 1.07. The molecule has 2 amide bonds. The Kier molecular flexibility index (Phi) is 9.14. The molecule has 0 aromatic heterocycles. The van der Waals surface area contributed by atoms with Gasteiger partial charge in [0.05, 0.1) is 11.8 Å². The summed E-state index contributed by atoms with van der Waals surface area (Å²) in [5.41, 5.74) is 0. The molecule has 0 spiro atoms. The first kappa shape index (κ1) is 25.1. The summed E-state index contributed by atoms with van der Waals surface area (Å²) in [4.78, 5) is 33.6. The summed E-state index contributed by atoms with van der Waals surface area (Å²) < 4.78 is 0. The highest BCUT2D eigenvalue weighted by atomic mass is 127. The molecule has 2 N–H and O–H groups in total. The lowest BCUT2D eigenvalue weighted by atomic mass is 9.85. The molecule has 2 bridgehead atoms. The van der Waals surface area contributed by atoms with E-state index in [0.717, 1.165) is 25.9 Å². The van der Waals surface area contributed by atoms with Crippen LogP contribution in [0.25, 0.3) is 0 Å². The van der Waals surface area contributed by atoms with Crippen LogP contribution in [0.2, 0.25) is 0 Å². The second-order valence-corrected chi connectivity index (χ2v) is 9.03. The number of aliphatic imine (C=N–C) groups is 1. The van der Waals surface area contributed by atoms with Crippen LogP contribution in [-0.4, -0.2) is 72.9 Å². The molecule has 4 atom stereocenters. The Balaban J connectivity index is 0.00000320. The van der Waals surface area contributed by atoms with E-state index in [1.807, 2.05) is 0 Å². The number of imide groups is 1. The second kappa shape index (κ2) is 10.9. The Bertz CT molecular complexity index is 640. The molecule has 3 rings (SSSR count). The van der Waals surface area contributed by atoms with Crippen LogP contribution in [0.1, 0.15) is 40.5 Å². The SMILES string of the molecule is CN=C(NCCCN(C(C)C)C(C)C)NCCN1C(=O)C2C3C=CC(C3)C2C1=O.I. The number of hydrogen-bond acceptors (Lipinski definition) is 4. The molecule has 3 aliphatic rings. The van der Waals surface area contributed by atoms with Gasteiger partial charge in [0.2, 0.25) is 11.8 Å². The van der Waals surface area contributed by atoms with Gasteiger partial charge in [-0.3, -0.25) is 24.4 Å². The van der Waals surface area contributed by atoms with Crippen molar-refractivity contribution in [2.75, 3.05) is 33.2 Å². The number of nitrogens with one attached hydrogen (secondary N) is 2. The van der Waals surface area contributed by atoms with Crippen LogP contribution in [-0.2, 0) is 9.59 Å². The molecule has 1 heterocycles. The van der Waals surface area contributed by atoms with Crippen LogP contribution in [0, 0.1) is 23.7 Å². The van der Waals surface area contributed by atoms with Gasteiger partial charge < -0.3 is 10.6 Å². The second-order valence-electron chi connectivity index (χ2n) is 9.03. The van der Waals surface area contributed by atoms with Crippen molar-refractivity contribution in [3.63, 3.8) is 0 Å². The highest BCUT2D eigenvalue weighted by Crippen LogP contribution is 2.52. The molecular formula is C22H38IN5O2. The number of hydrogen-bond donors (Lipinski definition) is 2. The number of amides is 2. The van der Waals surface area contributed by atoms with Crippen molar-refractivity contribution < 1.29 is 9.59 Å². The molecule has 2 aliphatic carbocycles. The Labute approximate surface area is 198 Å². The average Bonchev–Trinajstić information content (AvgIpc) is 3.35. The molecule has 4 unspecified atom stereocenters. The van der Waals surface area contributed by atoms with Gasteiger partial charge in [0.25, 0.3) is 0 Å². The number of likely N-dealkylation sites (tertiary alicyclic amines) is 1. The van der Waals surface area contributed by atoms with Crippen LogP contribution in [0.5, 0.6) is 0 Å². The first-order valence-corrected chi connectivity index (χ1v) is 11.1. The van der Waals surface area contributed by atoms with Crippen molar-refractivity contribution in [2.24, 2.45) is 28.7 Å². The van der Waals surface area contributed by atoms with Crippen molar-refractivity contribution in [3.8, 4) is 0 Å². The van der Waals surface area contributed by atoms with Gasteiger partial charge in [0.15, 0.2) is 5.96 Å². The summed E-state index contributed by atoms with van der Waals surface area (Å²) in [6.45, 7) is 11.7. The van der Waals surface area contributed by atoms with Crippen molar-refractivity contribution in [1.29, 1.82) is 0 Å². The van der Waals surface area contributed by atoms with Gasteiger partial charge >= 0.3 is 0 Å². The number of carbonyl (C=O) groups is 2. The number of nitrogens with zero attached hydrogens (tertiary/aromatic N) is 3. The fourth-order valence-electron chi connectivity index (χ4n) is 5.27. The molecule has 1 saturated carbocycles. The van der Waals surface area contributed by atoms with Crippen molar-refractivity contribution in [1.82, 2.24) is 20.4 Å². The average molecular weight is 531 g/mol. The minimum Gasteiger partial charge on any atom is -0.356 e. The topological polar surface area (TPSA) is 77.0 Å². The molecule has 2 fully saturated rings. The number of halogens is 1. The molecule has 1 saturated heterocycles. The van der Waals surface area contributed by atoms with E-state index in [-0.39, 0.29) is 59.5 Å². The maximum atomic E-state index is 12.7. The fraction of sp³-hybridized carbons (Fsp3) is 0.773. The minimum absolute atomic E-state index is 0. The van der Waals surface area contributed by atoms with E-state index >= 15 is 0 Å². The zero-order valence-electron chi connectivity index (χ0n) is 18.9. The summed E-state index contributed by atoms with van der Waals surface area (Å²) in [5.74, 6) is 1.06. The predicted octanol–water partition coefficient (Wildman–Crippen LogP) is 2.09. The Morgan fingerprint density at radius 2 is 1.60 bits per heavy atom. The number of guanidine groups is 1. The fourth-order valence-corrected chi connectivity index (χ4v) is 5.27. The van der Waals surface area contributed by atoms with E-state index in [1.54, 1.807) is 7.05 Å². The van der Waals surface area contributed by atoms with Crippen molar-refractivity contribution in [3.05, 3.63) is 12.2 Å². The maximum Gasteiger partial charge on any atom is 0.233 e. The van der Waals surface area contributed by atoms with Gasteiger partial charge in [0, 0.05) is 45.3 Å². The van der Waals surface area contributed by atoms with E-state index in [0.29, 0.717) is 31.1 Å². The third-order valence-corrected chi connectivity index (χ3v) is 6.63. The molecule has 7 nitrogen and oxygen atoms in total. The summed E-state index contributed by atoms with van der Waals surface area (Å²) in [7, 11) is 1.74. The van der Waals surface area contributed by atoms with E-state index in [2.05, 4.69) is 60.4 Å². The largest absolute Gasteiger partial charge is 0.356 e. The minimum atomic E-state index is -0.111. The quantitative estimate of drug-likeness (QED) is 0.119. The molecule has 30 heavy (non-hydrogen) atoms. The number of carbonyl (C=O) groups excluding carboxylic acids is 2. The van der Waals surface area contributed by atoms with Crippen LogP contribution >= 0.6 is 24.0 Å². The van der Waals surface area contributed by atoms with Gasteiger partial charge in [-0.2, -0.15) is 0 Å². The smallest absolute Gasteiger partial charge is 0.233 e. The Morgan fingerprint density at radius 3 is 2.10 bits per heavy atom. The normalized spacial score (nSPS) is 27.5. The van der Waals surface area contributed by atoms with Gasteiger partial charge in [-0.15, -0.1) is 24.0 Å². The lowest BCUT2D eigenvalue weighted by Gasteiger charge is -2.30. The predicted molar refractivity (Wildman–Crippen MR) is 131 cm³/mol. The van der Waals surface area contributed by atoms with Crippen LogP contribution in [0.4, 0.5) is 0 Å². The summed E-state index contributed by atoms with van der Waals surface area (Å²) in [6.07, 6.45) is 6.26. The highest BCUT2D eigenvalue weighted by molar-refractivity contribution is 14.0. The molecule has 170 valence electrons. The summed E-state index contributed by atoms with van der Waals surface area (Å²) >= 11 is 0. The van der Waals surface area contributed by atoms with E-state index < -0.39 is 0 Å². The van der Waals surface area contributed by atoms with Crippen LogP contribution < -0.4 is 10.6 Å². The highest BCUT2D eigenvalue weighted by Gasteiger charge is 2.58. The third kappa shape index (κ3) is 5.18. The van der Waals surface area contributed by atoms with E-state index in [9.17, 15) is 9.59 Å². The standard InChI is InChI=1S/C22H37N5O2.HI/c1-14(2)26(15(3)4)11-6-9-24-22(23-5)25-10-12-27-20(28)18-16-7-8-17(13-16)19(18)21(27)29;/h7-8,14-19H,6,9-13H2,1-5H3,(H2,23,24,25);1H. The third-order valence-electron chi connectivity index (χ3n) is 6.63. The summed E-state index contributed by atoms with van der Waals surface area (Å²) in [5, 5.41) is 6.57. The lowest BCUT2D eigenvalue weighted by molar-refractivity contribution is -0.140. The molecule has 0 radical (unpaired) electrons. The lowest BCUT2D eigenvalue weighted by Crippen LogP contribution is -2.44. The van der Waals surface area contributed by atoms with Gasteiger partial charge in [-0.25, -0.2) is 0 Å². The zero-order chi connectivity index (χ0) is 21.1. The number of rotatable bonds is 9. The monoisotopic (exact) mass is 531 g/mol. The first-order valence-electron chi connectivity index (χ1n) is 11.1. The Morgan fingerprint density at radius 1 is 1.07 bits per heavy atom. The van der Waals surface area contributed by atoms with Crippen LogP contribution in [0.3, 0.4) is 0 Å². The molecular weight excluding hydrogens is 493 g/mol. The number of fused-ring (bicyclic) bond motifs is 5. The molecule has 0 aromatic rings. The maximum absolute atomic E-state index is 12.7. The first-order chi connectivity index (χ1) is 13.8. The van der Waals surface area contributed by atoms with Gasteiger partial charge in [-0.05, 0) is 52.4 Å². The number of allylic oxidation sites excluding steroid dienone is 2. The molecule has 0 aromatic carbocycles. The van der Waals surface area contributed by atoms with Crippen molar-refractivity contribution >= 4 is 41.8 Å². The van der Waals surface area contributed by atoms with E-state index in [4.69, 9.17) is 0 Å².